The zero-order chi connectivity index (χ0) is 17.3. The van der Waals surface area contributed by atoms with Crippen LogP contribution in [0, 0.1) is 5.41 Å². The highest BCUT2D eigenvalue weighted by atomic mass is 16.8. The Morgan fingerprint density at radius 2 is 1.70 bits per heavy atom. The minimum absolute atomic E-state index is 0.153. The second-order valence-electron chi connectivity index (χ2n) is 7.83. The van der Waals surface area contributed by atoms with Gasteiger partial charge in [0.2, 0.25) is 0 Å². The quantitative estimate of drug-likeness (QED) is 0.459. The van der Waals surface area contributed by atoms with Gasteiger partial charge in [0.25, 0.3) is 0 Å². The van der Waals surface area contributed by atoms with Gasteiger partial charge in [-0.3, -0.25) is 0 Å². The highest BCUT2D eigenvalue weighted by Crippen LogP contribution is 2.37. The van der Waals surface area contributed by atoms with Crippen LogP contribution in [-0.4, -0.2) is 23.3 Å². The minimum atomic E-state index is -0.921. The van der Waals surface area contributed by atoms with E-state index in [2.05, 4.69) is 13.0 Å². The molecular formula is C20H36O3. The van der Waals surface area contributed by atoms with Gasteiger partial charge in [0.1, 0.15) is 5.60 Å². The zero-order valence-electron chi connectivity index (χ0n) is 15.7. The number of ether oxygens (including phenoxy) is 2. The van der Waals surface area contributed by atoms with E-state index in [9.17, 15) is 5.11 Å². The van der Waals surface area contributed by atoms with E-state index in [1.165, 1.54) is 38.5 Å². The predicted molar refractivity (Wildman–Crippen MR) is 96.1 cm³/mol. The van der Waals surface area contributed by atoms with E-state index >= 15 is 0 Å². The topological polar surface area (TPSA) is 38.7 Å². The standard InChI is InChI=1S/C20H36O3/c1-6-7-8-9-10-11-12-13-14-15-16-20(5)17(21)22-18(23-20)19(2,3)4/h13-18,21H,6-12H2,1-5H3/b14-13+,16-15+/t17?,18-,20-/m0/s1. The smallest absolute Gasteiger partial charge is 0.190 e. The van der Waals surface area contributed by atoms with Crippen LogP contribution in [0.1, 0.15) is 79.6 Å². The fourth-order valence-corrected chi connectivity index (χ4v) is 2.54. The molecule has 0 aromatic heterocycles. The van der Waals surface area contributed by atoms with Crippen molar-refractivity contribution in [3.63, 3.8) is 0 Å². The summed E-state index contributed by atoms with van der Waals surface area (Å²) < 4.78 is 11.5. The molecule has 0 saturated carbocycles. The van der Waals surface area contributed by atoms with Gasteiger partial charge >= 0.3 is 0 Å². The zero-order valence-corrected chi connectivity index (χ0v) is 15.7. The summed E-state index contributed by atoms with van der Waals surface area (Å²) in [6, 6.07) is 0. The lowest BCUT2D eigenvalue weighted by Gasteiger charge is -2.26. The van der Waals surface area contributed by atoms with Crippen LogP contribution >= 0.6 is 0 Å². The molecule has 3 nitrogen and oxygen atoms in total. The first-order chi connectivity index (χ1) is 10.8. The number of aliphatic hydroxyl groups excluding tert-OH is 1. The summed E-state index contributed by atoms with van der Waals surface area (Å²) in [6.07, 6.45) is 15.8. The van der Waals surface area contributed by atoms with Crippen molar-refractivity contribution in [2.75, 3.05) is 0 Å². The molecule has 0 radical (unpaired) electrons. The monoisotopic (exact) mass is 324 g/mol. The van der Waals surface area contributed by atoms with E-state index < -0.39 is 11.9 Å². The average molecular weight is 325 g/mol. The minimum Gasteiger partial charge on any atom is -0.365 e. The third kappa shape index (κ3) is 7.19. The van der Waals surface area contributed by atoms with Crippen molar-refractivity contribution in [1.29, 1.82) is 0 Å². The lowest BCUT2D eigenvalue weighted by molar-refractivity contribution is -0.160. The van der Waals surface area contributed by atoms with E-state index in [1.54, 1.807) is 0 Å². The number of allylic oxidation sites excluding steroid dienone is 3. The van der Waals surface area contributed by atoms with Gasteiger partial charge in [0.05, 0.1) is 0 Å². The maximum Gasteiger partial charge on any atom is 0.190 e. The highest BCUT2D eigenvalue weighted by Gasteiger charge is 2.47. The molecule has 0 aromatic rings. The molecule has 1 aliphatic rings. The van der Waals surface area contributed by atoms with E-state index in [4.69, 9.17) is 9.47 Å². The van der Waals surface area contributed by atoms with Crippen molar-refractivity contribution in [2.24, 2.45) is 5.41 Å². The molecule has 1 rings (SSSR count). The lowest BCUT2D eigenvalue weighted by atomic mass is 9.96. The summed E-state index contributed by atoms with van der Waals surface area (Å²) >= 11 is 0. The fourth-order valence-electron chi connectivity index (χ4n) is 2.54. The Hall–Kier alpha value is -0.640. The van der Waals surface area contributed by atoms with Crippen LogP contribution in [0.2, 0.25) is 0 Å². The van der Waals surface area contributed by atoms with Crippen molar-refractivity contribution >= 4 is 0 Å². The SMILES string of the molecule is CCCCCCCC/C=C/C=C/[C@]1(C)O[C@@H](C(C)(C)C)OC1O. The molecule has 0 aromatic carbocycles. The maximum absolute atomic E-state index is 10.1. The van der Waals surface area contributed by atoms with Crippen LogP contribution < -0.4 is 0 Å². The molecule has 1 saturated heterocycles. The number of aliphatic hydroxyl groups is 1. The normalized spacial score (nSPS) is 29.1. The second-order valence-corrected chi connectivity index (χ2v) is 7.83. The Balaban J connectivity index is 2.29. The molecule has 1 fully saturated rings. The molecule has 1 unspecified atom stereocenters. The summed E-state index contributed by atoms with van der Waals surface area (Å²) in [7, 11) is 0. The Labute approximate surface area is 142 Å². The molecule has 1 N–H and O–H groups in total. The molecule has 3 heteroatoms. The van der Waals surface area contributed by atoms with Crippen LogP contribution in [0.3, 0.4) is 0 Å². The molecule has 0 amide bonds. The Morgan fingerprint density at radius 3 is 2.30 bits per heavy atom. The molecule has 3 atom stereocenters. The average Bonchev–Trinajstić information content (AvgIpc) is 2.77. The van der Waals surface area contributed by atoms with Gasteiger partial charge < -0.3 is 14.6 Å². The van der Waals surface area contributed by atoms with Gasteiger partial charge in [-0.2, -0.15) is 0 Å². The number of unbranched alkanes of at least 4 members (excludes halogenated alkanes) is 6. The molecule has 1 aliphatic heterocycles. The van der Waals surface area contributed by atoms with Crippen molar-refractivity contribution in [1.82, 2.24) is 0 Å². The third-order valence-electron chi connectivity index (χ3n) is 4.21. The molecule has 0 aliphatic carbocycles. The van der Waals surface area contributed by atoms with E-state index in [0.29, 0.717) is 0 Å². The van der Waals surface area contributed by atoms with E-state index in [0.717, 1.165) is 6.42 Å². The van der Waals surface area contributed by atoms with Crippen molar-refractivity contribution < 1.29 is 14.6 Å². The summed E-state index contributed by atoms with van der Waals surface area (Å²) in [5.74, 6) is 0. The second kappa shape index (κ2) is 9.61. The first kappa shape index (κ1) is 20.4. The highest BCUT2D eigenvalue weighted by molar-refractivity contribution is 5.12. The number of hydrogen-bond donors (Lipinski definition) is 1. The molecule has 0 spiro atoms. The Morgan fingerprint density at radius 1 is 1.04 bits per heavy atom. The molecule has 1 heterocycles. The van der Waals surface area contributed by atoms with Gasteiger partial charge in [-0.15, -0.1) is 0 Å². The van der Waals surface area contributed by atoms with Crippen LogP contribution in [0.15, 0.2) is 24.3 Å². The van der Waals surface area contributed by atoms with Crippen molar-refractivity contribution in [2.45, 2.75) is 97.7 Å². The van der Waals surface area contributed by atoms with E-state index in [-0.39, 0.29) is 11.7 Å². The van der Waals surface area contributed by atoms with Gasteiger partial charge in [0, 0.05) is 5.41 Å². The fraction of sp³-hybridized carbons (Fsp3) is 0.800. The van der Waals surface area contributed by atoms with E-state index in [1.807, 2.05) is 45.9 Å². The first-order valence-corrected chi connectivity index (χ1v) is 9.15. The summed E-state index contributed by atoms with van der Waals surface area (Å²) in [5.41, 5.74) is -0.928. The van der Waals surface area contributed by atoms with Crippen molar-refractivity contribution in [3.05, 3.63) is 24.3 Å². The summed E-state index contributed by atoms with van der Waals surface area (Å²) in [6.45, 7) is 10.2. The van der Waals surface area contributed by atoms with Gasteiger partial charge in [0.15, 0.2) is 12.6 Å². The first-order valence-electron chi connectivity index (χ1n) is 9.15. The largest absolute Gasteiger partial charge is 0.365 e. The number of hydrogen-bond acceptors (Lipinski definition) is 3. The summed E-state index contributed by atoms with van der Waals surface area (Å²) in [4.78, 5) is 0. The predicted octanol–water partition coefficient (Wildman–Crippen LogP) is 5.35. The summed E-state index contributed by atoms with van der Waals surface area (Å²) in [5, 5.41) is 10.1. The van der Waals surface area contributed by atoms with Crippen LogP contribution in [-0.2, 0) is 9.47 Å². The van der Waals surface area contributed by atoms with Crippen LogP contribution in [0.5, 0.6) is 0 Å². The molecule has 0 bridgehead atoms. The lowest BCUT2D eigenvalue weighted by Crippen LogP contribution is -2.34. The number of rotatable bonds is 9. The van der Waals surface area contributed by atoms with Gasteiger partial charge in [-0.1, -0.05) is 78.0 Å². The molecular weight excluding hydrogens is 288 g/mol. The Kier molecular flexibility index (Phi) is 8.52. The Bertz CT molecular complexity index is 381. The van der Waals surface area contributed by atoms with Gasteiger partial charge in [-0.25, -0.2) is 0 Å². The molecule has 134 valence electrons. The van der Waals surface area contributed by atoms with Crippen LogP contribution in [0.4, 0.5) is 0 Å². The van der Waals surface area contributed by atoms with Crippen LogP contribution in [0.25, 0.3) is 0 Å². The third-order valence-corrected chi connectivity index (χ3v) is 4.21. The van der Waals surface area contributed by atoms with Crippen molar-refractivity contribution in [3.8, 4) is 0 Å². The van der Waals surface area contributed by atoms with Gasteiger partial charge in [-0.05, 0) is 25.8 Å². The maximum atomic E-state index is 10.1. The molecule has 23 heavy (non-hydrogen) atoms.